The van der Waals surface area contributed by atoms with Crippen molar-refractivity contribution in [2.75, 3.05) is 20.1 Å². The third-order valence-electron chi connectivity index (χ3n) is 5.61. The summed E-state index contributed by atoms with van der Waals surface area (Å²) in [5.74, 6) is 0. The Morgan fingerprint density at radius 3 is 2.37 bits per heavy atom. The minimum absolute atomic E-state index is 0.744. The molecule has 2 aliphatic rings. The van der Waals surface area contributed by atoms with Crippen molar-refractivity contribution >= 4 is 0 Å². The number of rotatable bonds is 7. The lowest BCUT2D eigenvalue weighted by Crippen LogP contribution is -2.52. The van der Waals surface area contributed by atoms with Gasteiger partial charge in [0.2, 0.25) is 0 Å². The Morgan fingerprint density at radius 2 is 1.79 bits per heavy atom. The zero-order valence-electron chi connectivity index (χ0n) is 13.4. The Kier molecular flexibility index (Phi) is 5.70. The van der Waals surface area contributed by atoms with Gasteiger partial charge in [-0.2, -0.15) is 0 Å². The molecular weight excluding hydrogens is 232 g/mol. The smallest absolute Gasteiger partial charge is 0.00926 e. The molecule has 0 saturated heterocycles. The molecule has 2 heteroatoms. The first kappa shape index (κ1) is 15.3. The average molecular weight is 266 g/mol. The predicted molar refractivity (Wildman–Crippen MR) is 83.5 cm³/mol. The minimum atomic E-state index is 0.744. The SMILES string of the molecule is CCCCCN(C)C1CCC2(CC1)CC(NCC)C2. The fraction of sp³-hybridized carbons (Fsp3) is 1.00. The second-order valence-electron chi connectivity index (χ2n) is 7.08. The molecule has 0 aromatic carbocycles. The molecule has 0 atom stereocenters. The molecule has 0 bridgehead atoms. The highest BCUT2D eigenvalue weighted by atomic mass is 15.1. The predicted octanol–water partition coefficient (Wildman–Crippen LogP) is 3.81. The number of nitrogens with one attached hydrogen (secondary N) is 1. The van der Waals surface area contributed by atoms with Crippen LogP contribution in [0.25, 0.3) is 0 Å². The van der Waals surface area contributed by atoms with Gasteiger partial charge in [-0.3, -0.25) is 0 Å². The van der Waals surface area contributed by atoms with Gasteiger partial charge in [-0.15, -0.1) is 0 Å². The van der Waals surface area contributed by atoms with Crippen molar-refractivity contribution in [2.24, 2.45) is 5.41 Å². The van der Waals surface area contributed by atoms with Crippen molar-refractivity contribution in [3.05, 3.63) is 0 Å². The summed E-state index contributed by atoms with van der Waals surface area (Å²) in [5, 5.41) is 3.61. The monoisotopic (exact) mass is 266 g/mol. The standard InChI is InChI=1S/C17H34N2/c1-4-6-7-12-19(3)16-8-10-17(11-9-16)13-15(14-17)18-5-2/h15-16,18H,4-14H2,1-3H3. The van der Waals surface area contributed by atoms with Crippen molar-refractivity contribution in [3.8, 4) is 0 Å². The van der Waals surface area contributed by atoms with Gasteiger partial charge in [-0.1, -0.05) is 26.7 Å². The summed E-state index contributed by atoms with van der Waals surface area (Å²) in [7, 11) is 2.35. The highest BCUT2D eigenvalue weighted by molar-refractivity contribution is 5.00. The summed E-state index contributed by atoms with van der Waals surface area (Å²) in [5.41, 5.74) is 0.744. The van der Waals surface area contributed by atoms with E-state index in [0.29, 0.717) is 0 Å². The summed E-state index contributed by atoms with van der Waals surface area (Å²) in [6.07, 6.45) is 12.9. The average Bonchev–Trinajstić information content (AvgIpc) is 2.38. The summed E-state index contributed by atoms with van der Waals surface area (Å²) in [6.45, 7) is 6.98. The van der Waals surface area contributed by atoms with Crippen molar-refractivity contribution in [3.63, 3.8) is 0 Å². The Labute approximate surface area is 120 Å². The van der Waals surface area contributed by atoms with Gasteiger partial charge in [0.1, 0.15) is 0 Å². The zero-order chi connectivity index (χ0) is 13.7. The van der Waals surface area contributed by atoms with Gasteiger partial charge in [-0.25, -0.2) is 0 Å². The largest absolute Gasteiger partial charge is 0.314 e. The van der Waals surface area contributed by atoms with Crippen LogP contribution >= 0.6 is 0 Å². The van der Waals surface area contributed by atoms with Gasteiger partial charge in [0.25, 0.3) is 0 Å². The van der Waals surface area contributed by atoms with Crippen LogP contribution in [0.4, 0.5) is 0 Å². The fourth-order valence-corrected chi connectivity index (χ4v) is 4.28. The molecule has 0 amide bonds. The molecule has 0 radical (unpaired) electrons. The molecule has 1 spiro atoms. The van der Waals surface area contributed by atoms with Crippen LogP contribution in [-0.4, -0.2) is 37.1 Å². The summed E-state index contributed by atoms with van der Waals surface area (Å²) in [4.78, 5) is 2.64. The Hall–Kier alpha value is -0.0800. The number of unbranched alkanes of at least 4 members (excludes halogenated alkanes) is 2. The van der Waals surface area contributed by atoms with E-state index in [0.717, 1.165) is 24.0 Å². The Morgan fingerprint density at radius 1 is 1.11 bits per heavy atom. The van der Waals surface area contributed by atoms with E-state index in [1.807, 2.05) is 0 Å². The molecule has 2 aliphatic carbocycles. The Bertz CT molecular complexity index is 248. The second kappa shape index (κ2) is 7.08. The van der Waals surface area contributed by atoms with E-state index in [1.165, 1.54) is 64.3 Å². The summed E-state index contributed by atoms with van der Waals surface area (Å²) < 4.78 is 0. The lowest BCUT2D eigenvalue weighted by atomic mass is 9.57. The van der Waals surface area contributed by atoms with Crippen LogP contribution in [0.1, 0.15) is 71.6 Å². The zero-order valence-corrected chi connectivity index (χ0v) is 13.4. The van der Waals surface area contributed by atoms with Crippen LogP contribution in [0.5, 0.6) is 0 Å². The topological polar surface area (TPSA) is 15.3 Å². The van der Waals surface area contributed by atoms with Crippen LogP contribution in [-0.2, 0) is 0 Å². The molecule has 19 heavy (non-hydrogen) atoms. The third-order valence-corrected chi connectivity index (χ3v) is 5.61. The van der Waals surface area contributed by atoms with Gasteiger partial charge >= 0.3 is 0 Å². The Balaban J connectivity index is 1.65. The molecule has 0 aliphatic heterocycles. The van der Waals surface area contributed by atoms with E-state index in [1.54, 1.807) is 0 Å². The fourth-order valence-electron chi connectivity index (χ4n) is 4.28. The molecule has 0 unspecified atom stereocenters. The molecule has 2 saturated carbocycles. The maximum absolute atomic E-state index is 3.61. The van der Waals surface area contributed by atoms with Gasteiger partial charge in [-0.05, 0) is 70.5 Å². The van der Waals surface area contributed by atoms with E-state index in [-0.39, 0.29) is 0 Å². The molecule has 2 rings (SSSR count). The van der Waals surface area contributed by atoms with Crippen LogP contribution in [0, 0.1) is 5.41 Å². The summed E-state index contributed by atoms with van der Waals surface area (Å²) in [6, 6.07) is 1.71. The number of hydrogen-bond donors (Lipinski definition) is 1. The molecular formula is C17H34N2. The highest BCUT2D eigenvalue weighted by Gasteiger charge is 2.45. The van der Waals surface area contributed by atoms with E-state index < -0.39 is 0 Å². The molecule has 112 valence electrons. The second-order valence-corrected chi connectivity index (χ2v) is 7.08. The first-order chi connectivity index (χ1) is 9.19. The van der Waals surface area contributed by atoms with Gasteiger partial charge in [0.15, 0.2) is 0 Å². The van der Waals surface area contributed by atoms with E-state index >= 15 is 0 Å². The number of hydrogen-bond acceptors (Lipinski definition) is 2. The van der Waals surface area contributed by atoms with Crippen molar-refractivity contribution in [1.82, 2.24) is 10.2 Å². The maximum atomic E-state index is 3.61. The lowest BCUT2D eigenvalue weighted by Gasteiger charge is -2.52. The lowest BCUT2D eigenvalue weighted by molar-refractivity contribution is 0.0109. The first-order valence-electron chi connectivity index (χ1n) is 8.63. The third kappa shape index (κ3) is 3.95. The van der Waals surface area contributed by atoms with Crippen molar-refractivity contribution < 1.29 is 0 Å². The maximum Gasteiger partial charge on any atom is 0.00926 e. The van der Waals surface area contributed by atoms with Gasteiger partial charge in [0, 0.05) is 12.1 Å². The van der Waals surface area contributed by atoms with Gasteiger partial charge < -0.3 is 10.2 Å². The normalized spacial score (nSPS) is 34.7. The quantitative estimate of drug-likeness (QED) is 0.705. The van der Waals surface area contributed by atoms with Crippen molar-refractivity contribution in [1.29, 1.82) is 0 Å². The summed E-state index contributed by atoms with van der Waals surface area (Å²) >= 11 is 0. The van der Waals surface area contributed by atoms with E-state index in [9.17, 15) is 0 Å². The van der Waals surface area contributed by atoms with Crippen LogP contribution in [0.3, 0.4) is 0 Å². The first-order valence-corrected chi connectivity index (χ1v) is 8.63. The van der Waals surface area contributed by atoms with Crippen LogP contribution in [0.15, 0.2) is 0 Å². The van der Waals surface area contributed by atoms with Crippen LogP contribution in [0.2, 0.25) is 0 Å². The minimum Gasteiger partial charge on any atom is -0.314 e. The van der Waals surface area contributed by atoms with E-state index in [2.05, 4.69) is 31.1 Å². The van der Waals surface area contributed by atoms with Gasteiger partial charge in [0.05, 0.1) is 0 Å². The number of nitrogens with zero attached hydrogens (tertiary/aromatic N) is 1. The molecule has 2 nitrogen and oxygen atoms in total. The molecule has 0 aromatic heterocycles. The molecule has 0 heterocycles. The highest BCUT2D eigenvalue weighted by Crippen LogP contribution is 2.52. The molecule has 1 N–H and O–H groups in total. The molecule has 2 fully saturated rings. The van der Waals surface area contributed by atoms with Crippen molar-refractivity contribution in [2.45, 2.75) is 83.7 Å². The van der Waals surface area contributed by atoms with E-state index in [4.69, 9.17) is 0 Å². The molecule has 0 aromatic rings. The van der Waals surface area contributed by atoms with Crippen LogP contribution < -0.4 is 5.32 Å².